The number of methoxy groups -OCH3 is 1. The van der Waals surface area contributed by atoms with Gasteiger partial charge in [-0.15, -0.1) is 22.7 Å². The van der Waals surface area contributed by atoms with Crippen LogP contribution < -0.4 is 4.74 Å². The Kier molecular flexibility index (Phi) is 4.81. The Balaban J connectivity index is 1.51. The lowest BCUT2D eigenvalue weighted by molar-refractivity contribution is 0.0604. The molecule has 1 aliphatic rings. The van der Waals surface area contributed by atoms with Crippen molar-refractivity contribution in [1.29, 1.82) is 0 Å². The maximum absolute atomic E-state index is 13.5. The highest BCUT2D eigenvalue weighted by Gasteiger charge is 2.32. The number of rotatable bonds is 4. The molecule has 8 heteroatoms. The summed E-state index contributed by atoms with van der Waals surface area (Å²) in [5, 5.41) is 4.90. The normalized spacial score (nSPS) is 17.0. The molecule has 4 heterocycles. The number of thiazole rings is 2. The summed E-state index contributed by atoms with van der Waals surface area (Å²) in [6, 6.07) is 7.86. The van der Waals surface area contributed by atoms with E-state index in [1.165, 1.54) is 11.3 Å². The zero-order chi connectivity index (χ0) is 19.8. The highest BCUT2D eigenvalue weighted by molar-refractivity contribution is 7.15. The maximum atomic E-state index is 13.5. The summed E-state index contributed by atoms with van der Waals surface area (Å²) < 4.78 is 7.38. The van der Waals surface area contributed by atoms with Gasteiger partial charge in [-0.2, -0.15) is 0 Å². The van der Waals surface area contributed by atoms with Gasteiger partial charge in [0.1, 0.15) is 16.5 Å². The lowest BCUT2D eigenvalue weighted by Gasteiger charge is -2.34. The smallest absolute Gasteiger partial charge is 0.272 e. The number of ether oxygens (including phenoxy) is 1. The summed E-state index contributed by atoms with van der Waals surface area (Å²) in [7, 11) is 1.65. The van der Waals surface area contributed by atoms with Crippen molar-refractivity contribution in [2.45, 2.75) is 25.3 Å². The van der Waals surface area contributed by atoms with E-state index >= 15 is 0 Å². The van der Waals surface area contributed by atoms with Crippen molar-refractivity contribution < 1.29 is 9.53 Å². The van der Waals surface area contributed by atoms with E-state index in [1.54, 1.807) is 18.4 Å². The van der Waals surface area contributed by atoms with E-state index in [1.807, 2.05) is 56.7 Å². The summed E-state index contributed by atoms with van der Waals surface area (Å²) >= 11 is 3.11. The number of piperidine rings is 1. The second-order valence-corrected chi connectivity index (χ2v) is 8.74. The quantitative estimate of drug-likeness (QED) is 0.468. The molecule has 0 spiro atoms. The summed E-state index contributed by atoms with van der Waals surface area (Å²) in [6.07, 6.45) is 6.85. The molecule has 0 N–H and O–H groups in total. The summed E-state index contributed by atoms with van der Waals surface area (Å²) in [4.78, 5) is 25.5. The minimum absolute atomic E-state index is 0.0418. The third-order valence-electron chi connectivity index (χ3n) is 5.31. The average molecular weight is 425 g/mol. The number of hydrogen-bond acceptors (Lipinski definition) is 6. The van der Waals surface area contributed by atoms with Crippen LogP contribution in [0.3, 0.4) is 0 Å². The fraction of sp³-hybridized carbons (Fsp3) is 0.286. The first-order valence-corrected chi connectivity index (χ1v) is 11.3. The predicted molar refractivity (Wildman–Crippen MR) is 115 cm³/mol. The number of carbonyl (C=O) groups excluding carboxylic acids is 1. The standard InChI is InChI=1S/C21H20N4O2S2/c1-27-18-8-3-2-6-14(18)15-12-25-17(13-29-21(25)23-15)20(26)24-10-5-4-7-16(24)19-22-9-11-28-19/h2-3,6,8-9,11-13,16H,4-5,7,10H2,1H3. The molecule has 3 aromatic heterocycles. The van der Waals surface area contributed by atoms with E-state index in [-0.39, 0.29) is 11.9 Å². The molecule has 1 unspecified atom stereocenters. The zero-order valence-electron chi connectivity index (χ0n) is 15.9. The van der Waals surface area contributed by atoms with Crippen LogP contribution in [0.1, 0.15) is 40.8 Å². The van der Waals surface area contributed by atoms with Crippen LogP contribution in [0.2, 0.25) is 0 Å². The van der Waals surface area contributed by atoms with Gasteiger partial charge in [0.15, 0.2) is 4.96 Å². The molecule has 29 heavy (non-hydrogen) atoms. The van der Waals surface area contributed by atoms with Gasteiger partial charge in [0.05, 0.1) is 18.8 Å². The molecule has 6 nitrogen and oxygen atoms in total. The Hall–Kier alpha value is -2.71. The number of hydrogen-bond donors (Lipinski definition) is 0. The van der Waals surface area contributed by atoms with Gasteiger partial charge >= 0.3 is 0 Å². The van der Waals surface area contributed by atoms with Gasteiger partial charge < -0.3 is 9.64 Å². The van der Waals surface area contributed by atoms with Crippen molar-refractivity contribution in [3.8, 4) is 17.0 Å². The van der Waals surface area contributed by atoms with Gasteiger partial charge in [-0.3, -0.25) is 9.20 Å². The fourth-order valence-electron chi connectivity index (χ4n) is 3.90. The first kappa shape index (κ1) is 18.3. The number of amides is 1. The average Bonchev–Trinajstić information content (AvgIpc) is 3.50. The van der Waals surface area contributed by atoms with E-state index in [4.69, 9.17) is 9.72 Å². The number of carbonyl (C=O) groups is 1. The van der Waals surface area contributed by atoms with Crippen LogP contribution in [0.15, 0.2) is 47.4 Å². The Bertz CT molecular complexity index is 1150. The van der Waals surface area contributed by atoms with Crippen LogP contribution in [-0.4, -0.2) is 38.8 Å². The van der Waals surface area contributed by atoms with Crippen molar-refractivity contribution >= 4 is 33.5 Å². The Labute approximate surface area is 176 Å². The molecule has 148 valence electrons. The van der Waals surface area contributed by atoms with E-state index in [0.717, 1.165) is 52.8 Å². The number of para-hydroxylation sites is 1. The van der Waals surface area contributed by atoms with Crippen LogP contribution in [0, 0.1) is 0 Å². The first-order chi connectivity index (χ1) is 14.3. The van der Waals surface area contributed by atoms with E-state index in [0.29, 0.717) is 5.69 Å². The summed E-state index contributed by atoms with van der Waals surface area (Å²) in [6.45, 7) is 0.758. The molecule has 1 saturated heterocycles. The van der Waals surface area contributed by atoms with Crippen molar-refractivity contribution in [1.82, 2.24) is 19.3 Å². The summed E-state index contributed by atoms with van der Waals surface area (Å²) in [5.74, 6) is 0.811. The van der Waals surface area contributed by atoms with E-state index < -0.39 is 0 Å². The van der Waals surface area contributed by atoms with Crippen molar-refractivity contribution in [2.75, 3.05) is 13.7 Å². The Morgan fingerprint density at radius 3 is 2.97 bits per heavy atom. The van der Waals surface area contributed by atoms with Crippen molar-refractivity contribution in [3.05, 3.63) is 58.1 Å². The second-order valence-electron chi connectivity index (χ2n) is 6.98. The minimum atomic E-state index is 0.0418. The summed E-state index contributed by atoms with van der Waals surface area (Å²) in [5.41, 5.74) is 2.38. The molecule has 0 bridgehead atoms. The molecule has 1 amide bonds. The van der Waals surface area contributed by atoms with Gasteiger partial charge in [-0.25, -0.2) is 9.97 Å². The molecule has 0 saturated carbocycles. The lowest BCUT2D eigenvalue weighted by Crippen LogP contribution is -2.38. The third kappa shape index (κ3) is 3.22. The van der Waals surface area contributed by atoms with Crippen LogP contribution in [0.25, 0.3) is 16.2 Å². The fourth-order valence-corrected chi connectivity index (χ4v) is 5.53. The molecule has 1 atom stereocenters. The van der Waals surface area contributed by atoms with E-state index in [2.05, 4.69) is 4.98 Å². The zero-order valence-corrected chi connectivity index (χ0v) is 17.6. The lowest BCUT2D eigenvalue weighted by atomic mass is 10.0. The Morgan fingerprint density at radius 1 is 1.24 bits per heavy atom. The number of benzene rings is 1. The molecule has 1 aliphatic heterocycles. The molecule has 0 aliphatic carbocycles. The number of nitrogens with zero attached hydrogens (tertiary/aromatic N) is 4. The Morgan fingerprint density at radius 2 is 2.14 bits per heavy atom. The van der Waals surface area contributed by atoms with Gasteiger partial charge in [-0.05, 0) is 31.4 Å². The van der Waals surface area contributed by atoms with Gasteiger partial charge in [0.2, 0.25) is 0 Å². The molecule has 0 radical (unpaired) electrons. The first-order valence-electron chi connectivity index (χ1n) is 9.56. The number of fused-ring (bicyclic) bond motifs is 1. The second kappa shape index (κ2) is 7.61. The highest BCUT2D eigenvalue weighted by atomic mass is 32.1. The predicted octanol–water partition coefficient (Wildman–Crippen LogP) is 4.90. The minimum Gasteiger partial charge on any atom is -0.496 e. The molecular weight excluding hydrogens is 404 g/mol. The molecule has 4 aromatic rings. The molecule has 5 rings (SSSR count). The number of likely N-dealkylation sites (tertiary alicyclic amines) is 1. The van der Waals surface area contributed by atoms with Gasteiger partial charge in [0, 0.05) is 35.3 Å². The number of imidazole rings is 1. The monoisotopic (exact) mass is 424 g/mol. The third-order valence-corrected chi connectivity index (χ3v) is 7.03. The van der Waals surface area contributed by atoms with Crippen LogP contribution in [0.5, 0.6) is 5.75 Å². The van der Waals surface area contributed by atoms with Crippen LogP contribution in [0.4, 0.5) is 0 Å². The van der Waals surface area contributed by atoms with Crippen molar-refractivity contribution in [3.63, 3.8) is 0 Å². The maximum Gasteiger partial charge on any atom is 0.272 e. The molecule has 1 aromatic carbocycles. The topological polar surface area (TPSA) is 59.7 Å². The number of aromatic nitrogens is 3. The van der Waals surface area contributed by atoms with Gasteiger partial charge in [0.25, 0.3) is 5.91 Å². The largest absolute Gasteiger partial charge is 0.496 e. The van der Waals surface area contributed by atoms with Crippen LogP contribution >= 0.6 is 22.7 Å². The SMILES string of the molecule is COc1ccccc1-c1cn2c(C(=O)N3CCCCC3c3nccs3)csc2n1. The van der Waals surface area contributed by atoms with Crippen LogP contribution in [-0.2, 0) is 0 Å². The molecular formula is C21H20N4O2S2. The van der Waals surface area contributed by atoms with Crippen molar-refractivity contribution in [2.24, 2.45) is 0 Å². The molecule has 1 fully saturated rings. The highest BCUT2D eigenvalue weighted by Crippen LogP contribution is 2.35. The van der Waals surface area contributed by atoms with Gasteiger partial charge in [-0.1, -0.05) is 12.1 Å². The van der Waals surface area contributed by atoms with E-state index in [9.17, 15) is 4.79 Å².